The topological polar surface area (TPSA) is 180 Å². The van der Waals surface area contributed by atoms with E-state index < -0.39 is 26.1 Å². The molecule has 2 aromatic carbocycles. The number of benzene rings is 2. The number of nitrogens with one attached hydrogen (secondary N) is 1. The number of rotatable bonds is 4. The number of fused-ring (bicyclic) bond motifs is 2. The van der Waals surface area contributed by atoms with Gasteiger partial charge in [0.1, 0.15) is 0 Å². The summed E-state index contributed by atoms with van der Waals surface area (Å²) in [6.07, 6.45) is 4.49. The van der Waals surface area contributed by atoms with Crippen LogP contribution < -0.4 is 16.0 Å². The molecule has 0 saturated carbocycles. The molecule has 5 rings (SSSR count). The van der Waals surface area contributed by atoms with Crippen molar-refractivity contribution in [2.75, 3.05) is 18.0 Å². The highest BCUT2D eigenvalue weighted by atomic mass is 32.2. The summed E-state index contributed by atoms with van der Waals surface area (Å²) in [5.41, 5.74) is 8.64. The van der Waals surface area contributed by atoms with Gasteiger partial charge in [-0.1, -0.05) is 35.4 Å². The number of piperazine rings is 1. The maximum atomic E-state index is 11.1. The first-order valence-corrected chi connectivity index (χ1v) is 14.5. The number of hydrogen-bond acceptors (Lipinski definition) is 8. The third-order valence-electron chi connectivity index (χ3n) is 6.03. The molecule has 38 heavy (non-hydrogen) atoms. The Hall–Kier alpha value is -3.36. The molecule has 11 nitrogen and oxygen atoms in total. The molecule has 2 aliphatic rings. The second kappa shape index (κ2) is 12.0. The molecular weight excluding hydrogens is 532 g/mol. The molecule has 204 valence electrons. The summed E-state index contributed by atoms with van der Waals surface area (Å²) in [4.78, 5) is 17.3. The van der Waals surface area contributed by atoms with Gasteiger partial charge in [-0.2, -0.15) is 16.8 Å². The van der Waals surface area contributed by atoms with Crippen molar-refractivity contribution in [3.05, 3.63) is 83.7 Å². The Morgan fingerprint density at radius 1 is 0.921 bits per heavy atom. The Morgan fingerprint density at radius 2 is 1.42 bits per heavy atom. The van der Waals surface area contributed by atoms with E-state index in [4.69, 9.17) is 14.8 Å². The maximum Gasteiger partial charge on any atom is 0.294 e. The zero-order valence-electron chi connectivity index (χ0n) is 20.9. The average molecular weight is 563 g/mol. The predicted molar refractivity (Wildman–Crippen MR) is 142 cm³/mol. The predicted octanol–water partition coefficient (Wildman–Crippen LogP) is 2.21. The number of nitrogens with zero attached hydrogens (tertiary/aromatic N) is 2. The number of carbonyl (C=O) groups is 1. The first-order chi connectivity index (χ1) is 17.7. The van der Waals surface area contributed by atoms with Crippen LogP contribution in [0.25, 0.3) is 0 Å². The summed E-state index contributed by atoms with van der Waals surface area (Å²) in [5.74, 6) is -0.420. The van der Waals surface area contributed by atoms with E-state index in [1.54, 1.807) is 30.5 Å². The summed E-state index contributed by atoms with van der Waals surface area (Å²) >= 11 is 0. The lowest BCUT2D eigenvalue weighted by Crippen LogP contribution is -2.43. The van der Waals surface area contributed by atoms with Gasteiger partial charge in [0.05, 0.1) is 27.2 Å². The zero-order valence-corrected chi connectivity index (χ0v) is 22.5. The molecule has 5 N–H and O–H groups in total. The molecule has 2 saturated heterocycles. The lowest BCUT2D eigenvalue weighted by Gasteiger charge is -2.29. The van der Waals surface area contributed by atoms with E-state index in [1.165, 1.54) is 36.9 Å². The molecule has 0 aliphatic carbocycles. The van der Waals surface area contributed by atoms with Crippen molar-refractivity contribution in [2.45, 2.75) is 42.1 Å². The van der Waals surface area contributed by atoms with Crippen LogP contribution in [-0.4, -0.2) is 62.0 Å². The summed E-state index contributed by atoms with van der Waals surface area (Å²) in [5, 5.41) is 3.44. The Labute approximate surface area is 222 Å². The summed E-state index contributed by atoms with van der Waals surface area (Å²) in [7, 11) is -8.04. The van der Waals surface area contributed by atoms with Crippen LogP contribution in [0.15, 0.2) is 76.8 Å². The highest BCUT2D eigenvalue weighted by molar-refractivity contribution is 7.86. The molecule has 2 aliphatic heterocycles. The van der Waals surface area contributed by atoms with Crippen LogP contribution in [0.3, 0.4) is 0 Å². The van der Waals surface area contributed by atoms with Crippen molar-refractivity contribution in [3.8, 4) is 0 Å². The average Bonchev–Trinajstić information content (AvgIpc) is 3.48. The minimum atomic E-state index is -4.02. The smallest absolute Gasteiger partial charge is 0.294 e. The number of aromatic nitrogens is 1. The van der Waals surface area contributed by atoms with Crippen molar-refractivity contribution in [3.63, 3.8) is 0 Å². The van der Waals surface area contributed by atoms with Gasteiger partial charge < -0.3 is 16.0 Å². The van der Waals surface area contributed by atoms with Crippen LogP contribution in [0.2, 0.25) is 0 Å². The molecule has 3 aromatic rings. The Morgan fingerprint density at radius 3 is 1.79 bits per heavy atom. The van der Waals surface area contributed by atoms with E-state index in [-0.39, 0.29) is 9.79 Å². The van der Waals surface area contributed by atoms with Crippen LogP contribution in [0.4, 0.5) is 5.69 Å². The van der Waals surface area contributed by atoms with Gasteiger partial charge in [-0.05, 0) is 50.6 Å². The molecule has 3 heterocycles. The lowest BCUT2D eigenvalue weighted by atomic mass is 10.2. The molecule has 13 heteroatoms. The highest BCUT2D eigenvalue weighted by Crippen LogP contribution is 2.29. The van der Waals surface area contributed by atoms with Gasteiger partial charge in [-0.25, -0.2) is 0 Å². The number of nitrogens with two attached hydrogens (primary N) is 1. The molecule has 1 amide bonds. The van der Waals surface area contributed by atoms with Crippen LogP contribution in [0.1, 0.15) is 27.9 Å². The molecule has 2 bridgehead atoms. The van der Waals surface area contributed by atoms with Crippen molar-refractivity contribution in [2.24, 2.45) is 5.73 Å². The molecule has 2 atom stereocenters. The van der Waals surface area contributed by atoms with E-state index >= 15 is 0 Å². The second-order valence-electron chi connectivity index (χ2n) is 9.02. The molecule has 2 fully saturated rings. The second-order valence-corrected chi connectivity index (χ2v) is 11.9. The summed E-state index contributed by atoms with van der Waals surface area (Å²) < 4.78 is 59.1. The normalized spacial score (nSPS) is 18.2. The number of primary amides is 1. The van der Waals surface area contributed by atoms with E-state index in [2.05, 4.69) is 15.2 Å². The molecular formula is C25H30N4O7S2. The minimum absolute atomic E-state index is 0.0666. The van der Waals surface area contributed by atoms with Crippen LogP contribution >= 0.6 is 0 Å². The molecule has 0 unspecified atom stereocenters. The van der Waals surface area contributed by atoms with Crippen LogP contribution in [-0.2, 0) is 20.2 Å². The largest absolute Gasteiger partial charge is 0.366 e. The van der Waals surface area contributed by atoms with Crippen LogP contribution in [0, 0.1) is 13.8 Å². The molecule has 0 radical (unpaired) electrons. The number of pyridine rings is 1. The van der Waals surface area contributed by atoms with Gasteiger partial charge in [0.2, 0.25) is 5.91 Å². The van der Waals surface area contributed by atoms with Gasteiger partial charge >= 0.3 is 0 Å². The van der Waals surface area contributed by atoms with Gasteiger partial charge in [-0.3, -0.25) is 18.9 Å². The Balaban J connectivity index is 0.000000163. The quantitative estimate of drug-likeness (QED) is 0.344. The first kappa shape index (κ1) is 29.2. The fraction of sp³-hybridized carbons (Fsp3) is 0.280. The maximum absolute atomic E-state index is 11.1. The Bertz CT molecular complexity index is 1400. The van der Waals surface area contributed by atoms with Crippen molar-refractivity contribution < 1.29 is 30.7 Å². The number of carbonyl (C=O) groups excluding carboxylic acids is 1. The minimum Gasteiger partial charge on any atom is -0.366 e. The van der Waals surface area contributed by atoms with E-state index in [0.29, 0.717) is 17.6 Å². The molecule has 0 spiro atoms. The zero-order chi connectivity index (χ0) is 28.1. The van der Waals surface area contributed by atoms with Crippen molar-refractivity contribution in [1.82, 2.24) is 10.3 Å². The number of amides is 1. The van der Waals surface area contributed by atoms with E-state index in [0.717, 1.165) is 29.9 Å². The van der Waals surface area contributed by atoms with Crippen molar-refractivity contribution >= 4 is 31.8 Å². The van der Waals surface area contributed by atoms with E-state index in [1.807, 2.05) is 19.9 Å². The van der Waals surface area contributed by atoms with Gasteiger partial charge in [-0.15, -0.1) is 0 Å². The standard InChI is InChI=1S/C11H14N4O.2C7H8O3S/c12-11(16)7-1-9(4-13-3-7)15-6-8-2-10(15)5-14-8;2*1-6-2-4-7(5-3-6)11(8,9)10/h1,3-4,8,10,14H,2,5-6H2,(H2,12,16);2*2-5H,1H3,(H,8,9,10)/t8-,10-;;/m0../s1. The first-order valence-electron chi connectivity index (χ1n) is 11.6. The highest BCUT2D eigenvalue weighted by Gasteiger charge is 2.37. The fourth-order valence-corrected chi connectivity index (χ4v) is 4.98. The monoisotopic (exact) mass is 562 g/mol. The van der Waals surface area contributed by atoms with Crippen LogP contribution in [0.5, 0.6) is 0 Å². The lowest BCUT2D eigenvalue weighted by molar-refractivity contribution is 0.1000. The van der Waals surface area contributed by atoms with Gasteiger partial charge in [0.15, 0.2) is 0 Å². The number of hydrogen-bond donors (Lipinski definition) is 4. The fourth-order valence-electron chi connectivity index (χ4n) is 4.02. The summed E-state index contributed by atoms with van der Waals surface area (Å²) in [6, 6.07) is 14.9. The molecule has 1 aromatic heterocycles. The third kappa shape index (κ3) is 8.07. The SMILES string of the molecule is Cc1ccc(S(=O)(=O)O)cc1.Cc1ccc(S(=O)(=O)O)cc1.NC(=O)c1cncc(N2C[C@@H]3C[C@H]2CN3)c1. The number of anilines is 1. The van der Waals surface area contributed by atoms with Crippen molar-refractivity contribution in [1.29, 1.82) is 0 Å². The third-order valence-corrected chi connectivity index (χ3v) is 7.77. The summed E-state index contributed by atoms with van der Waals surface area (Å²) in [6.45, 7) is 5.70. The van der Waals surface area contributed by atoms with Gasteiger partial charge in [0, 0.05) is 31.4 Å². The van der Waals surface area contributed by atoms with Gasteiger partial charge in [0.25, 0.3) is 20.2 Å². The Kier molecular flexibility index (Phi) is 9.22. The van der Waals surface area contributed by atoms with E-state index in [9.17, 15) is 21.6 Å². The number of aryl methyl sites for hydroxylation is 2.